The first-order chi connectivity index (χ1) is 7.54. The van der Waals surface area contributed by atoms with Crippen LogP contribution in [0.15, 0.2) is 4.90 Å². The monoisotopic (exact) mass is 272 g/mol. The van der Waals surface area contributed by atoms with E-state index in [-0.39, 0.29) is 11.5 Å². The maximum absolute atomic E-state index is 11.9. The molecular weight excluding hydrogens is 261 g/mol. The van der Waals surface area contributed by atoms with Crippen LogP contribution in [0.1, 0.15) is 5.69 Å². The van der Waals surface area contributed by atoms with Crippen molar-refractivity contribution in [1.29, 1.82) is 0 Å². The lowest BCUT2D eigenvalue weighted by molar-refractivity contribution is -0.121. The number of aromatic nitrogens is 2. The molecule has 0 aliphatic rings. The summed E-state index contributed by atoms with van der Waals surface area (Å²) in [7, 11) is -2.87. The van der Waals surface area contributed by atoms with Gasteiger partial charge in [-0.25, -0.2) is 13.1 Å². The fraction of sp³-hybridized carbons (Fsp3) is 0.571. The van der Waals surface area contributed by atoms with E-state index in [1.54, 1.807) is 0 Å². The van der Waals surface area contributed by atoms with Crippen molar-refractivity contribution in [2.75, 3.05) is 12.3 Å². The Morgan fingerprint density at radius 2 is 2.00 bits per heavy atom. The van der Waals surface area contributed by atoms with Crippen LogP contribution in [0.2, 0.25) is 0 Å². The molecule has 0 aliphatic heterocycles. The van der Waals surface area contributed by atoms with Crippen molar-refractivity contribution in [2.45, 2.75) is 18.0 Å². The van der Waals surface area contributed by atoms with Crippen molar-refractivity contribution in [3.05, 3.63) is 5.69 Å². The number of nitrogens with two attached hydrogens (primary N) is 1. The highest BCUT2D eigenvalue weighted by Gasteiger charge is 2.32. The van der Waals surface area contributed by atoms with Gasteiger partial charge in [0.05, 0.1) is 5.69 Å². The minimum absolute atomic E-state index is 0.164. The Labute approximate surface area is 95.6 Å². The van der Waals surface area contributed by atoms with E-state index in [2.05, 4.69) is 5.10 Å². The zero-order valence-corrected chi connectivity index (χ0v) is 9.85. The van der Waals surface area contributed by atoms with Crippen molar-refractivity contribution in [3.63, 3.8) is 0 Å². The molecule has 0 saturated heterocycles. The van der Waals surface area contributed by atoms with E-state index in [1.165, 1.54) is 23.4 Å². The number of alkyl halides is 3. The quantitative estimate of drug-likeness (QED) is 0.819. The van der Waals surface area contributed by atoms with E-state index in [0.717, 1.165) is 0 Å². The number of nitrogens with one attached hydrogen (secondary N) is 1. The Morgan fingerprint density at radius 1 is 1.47 bits per heavy atom. The zero-order chi connectivity index (χ0) is 13.4. The average Bonchev–Trinajstić information content (AvgIpc) is 2.37. The van der Waals surface area contributed by atoms with Gasteiger partial charge in [-0.05, 0) is 6.92 Å². The van der Waals surface area contributed by atoms with Crippen LogP contribution in [0.3, 0.4) is 0 Å². The van der Waals surface area contributed by atoms with Gasteiger partial charge in [-0.2, -0.15) is 18.3 Å². The fourth-order valence-corrected chi connectivity index (χ4v) is 2.53. The summed E-state index contributed by atoms with van der Waals surface area (Å²) in [5.74, 6) is -0.334. The second kappa shape index (κ2) is 4.18. The number of nitrogen functional groups attached to an aromatic ring is 1. The Bertz CT molecular complexity index is 520. The molecule has 3 N–H and O–H groups in total. The highest BCUT2D eigenvalue weighted by molar-refractivity contribution is 7.89. The van der Waals surface area contributed by atoms with E-state index < -0.39 is 27.6 Å². The molecule has 0 aliphatic carbocycles. The molecule has 98 valence electrons. The second-order valence-corrected chi connectivity index (χ2v) is 5.07. The molecule has 0 spiro atoms. The molecule has 1 aromatic heterocycles. The third-order valence-electron chi connectivity index (χ3n) is 2.04. The number of hydrogen-bond acceptors (Lipinski definition) is 4. The van der Waals surface area contributed by atoms with Gasteiger partial charge in [0.25, 0.3) is 0 Å². The van der Waals surface area contributed by atoms with Gasteiger partial charge in [0.15, 0.2) is 5.82 Å². The Kier molecular flexibility index (Phi) is 3.39. The molecular formula is C7H11F3N4O2S. The summed E-state index contributed by atoms with van der Waals surface area (Å²) in [6.07, 6.45) is -4.63. The predicted molar refractivity (Wildman–Crippen MR) is 53.6 cm³/mol. The van der Waals surface area contributed by atoms with Crippen LogP contribution in [-0.4, -0.2) is 30.9 Å². The SMILES string of the molecule is Cc1c(S(=O)(=O)NCC(F)(F)F)c(N)nn1C. The Hall–Kier alpha value is -1.29. The third kappa shape index (κ3) is 3.09. The minimum Gasteiger partial charge on any atom is -0.381 e. The first-order valence-corrected chi connectivity index (χ1v) is 5.88. The van der Waals surface area contributed by atoms with E-state index in [0.29, 0.717) is 0 Å². The van der Waals surface area contributed by atoms with Crippen molar-refractivity contribution in [1.82, 2.24) is 14.5 Å². The van der Waals surface area contributed by atoms with Crippen LogP contribution in [0.5, 0.6) is 0 Å². The molecule has 10 heteroatoms. The first kappa shape index (κ1) is 13.8. The van der Waals surface area contributed by atoms with Crippen LogP contribution in [0.25, 0.3) is 0 Å². The number of nitrogens with zero attached hydrogens (tertiary/aromatic N) is 2. The first-order valence-electron chi connectivity index (χ1n) is 4.40. The molecule has 1 aromatic rings. The summed E-state index contributed by atoms with van der Waals surface area (Å²) in [5.41, 5.74) is 5.50. The summed E-state index contributed by atoms with van der Waals surface area (Å²) in [6, 6.07) is 0. The molecule has 0 aromatic carbocycles. The molecule has 0 amide bonds. The third-order valence-corrected chi connectivity index (χ3v) is 3.60. The molecule has 17 heavy (non-hydrogen) atoms. The molecule has 6 nitrogen and oxygen atoms in total. The minimum atomic E-state index is -4.63. The van der Waals surface area contributed by atoms with Crippen molar-refractivity contribution >= 4 is 15.8 Å². The van der Waals surface area contributed by atoms with Gasteiger partial charge in [0.1, 0.15) is 11.4 Å². The summed E-state index contributed by atoms with van der Waals surface area (Å²) >= 11 is 0. The number of hydrogen-bond donors (Lipinski definition) is 2. The molecule has 0 fully saturated rings. The standard InChI is InChI=1S/C7H11F3N4O2S/c1-4-5(6(11)13-14(4)2)17(15,16)12-3-7(8,9)10/h12H,3H2,1-2H3,(H2,11,13). The van der Waals surface area contributed by atoms with Crippen molar-refractivity contribution < 1.29 is 21.6 Å². The molecule has 1 heterocycles. The molecule has 0 bridgehead atoms. The molecule has 0 saturated carbocycles. The van der Waals surface area contributed by atoms with Gasteiger partial charge in [0.2, 0.25) is 10.0 Å². The largest absolute Gasteiger partial charge is 0.402 e. The van der Waals surface area contributed by atoms with E-state index in [4.69, 9.17) is 5.73 Å². The van der Waals surface area contributed by atoms with Crippen LogP contribution < -0.4 is 10.5 Å². The van der Waals surface area contributed by atoms with E-state index in [1.807, 2.05) is 0 Å². The Balaban J connectivity index is 3.06. The molecule has 0 unspecified atom stereocenters. The molecule has 0 atom stereocenters. The molecule has 0 radical (unpaired) electrons. The van der Waals surface area contributed by atoms with E-state index in [9.17, 15) is 21.6 Å². The number of aryl methyl sites for hydroxylation is 1. The van der Waals surface area contributed by atoms with Gasteiger partial charge < -0.3 is 5.73 Å². The van der Waals surface area contributed by atoms with Crippen LogP contribution in [0.4, 0.5) is 19.0 Å². The smallest absolute Gasteiger partial charge is 0.381 e. The summed E-state index contributed by atoms with van der Waals surface area (Å²) in [5, 5.41) is 3.62. The average molecular weight is 272 g/mol. The van der Waals surface area contributed by atoms with Gasteiger partial charge in [-0.15, -0.1) is 0 Å². The number of rotatable bonds is 3. The Morgan fingerprint density at radius 3 is 2.35 bits per heavy atom. The van der Waals surface area contributed by atoms with E-state index >= 15 is 0 Å². The van der Waals surface area contributed by atoms with Crippen molar-refractivity contribution in [2.24, 2.45) is 7.05 Å². The predicted octanol–water partition coefficient (Wildman–Crippen LogP) is 0.151. The van der Waals surface area contributed by atoms with Crippen LogP contribution in [0, 0.1) is 6.92 Å². The lowest BCUT2D eigenvalue weighted by Gasteiger charge is -2.09. The summed E-state index contributed by atoms with van der Waals surface area (Å²) in [4.78, 5) is -0.427. The van der Waals surface area contributed by atoms with Gasteiger partial charge >= 0.3 is 6.18 Å². The summed E-state index contributed by atoms with van der Waals surface area (Å²) in [6.45, 7) is -0.255. The lowest BCUT2D eigenvalue weighted by atomic mass is 10.5. The summed E-state index contributed by atoms with van der Waals surface area (Å²) < 4.78 is 61.6. The van der Waals surface area contributed by atoms with Gasteiger partial charge in [-0.1, -0.05) is 0 Å². The second-order valence-electron chi connectivity index (χ2n) is 3.36. The lowest BCUT2D eigenvalue weighted by Crippen LogP contribution is -2.34. The number of halogens is 3. The van der Waals surface area contributed by atoms with Crippen molar-refractivity contribution in [3.8, 4) is 0 Å². The highest BCUT2D eigenvalue weighted by atomic mass is 32.2. The molecule has 1 rings (SSSR count). The van der Waals surface area contributed by atoms with Crippen LogP contribution in [-0.2, 0) is 17.1 Å². The normalized spacial score (nSPS) is 13.0. The number of anilines is 1. The van der Waals surface area contributed by atoms with Gasteiger partial charge in [-0.3, -0.25) is 4.68 Å². The maximum Gasteiger partial charge on any atom is 0.402 e. The highest BCUT2D eigenvalue weighted by Crippen LogP contribution is 2.22. The maximum atomic E-state index is 11.9. The van der Waals surface area contributed by atoms with Crippen LogP contribution >= 0.6 is 0 Å². The topological polar surface area (TPSA) is 90.0 Å². The number of sulfonamides is 1. The fourth-order valence-electron chi connectivity index (χ4n) is 1.20. The zero-order valence-electron chi connectivity index (χ0n) is 9.04. The van der Waals surface area contributed by atoms with Gasteiger partial charge in [0, 0.05) is 7.05 Å².